The van der Waals surface area contributed by atoms with Crippen molar-refractivity contribution in [3.63, 3.8) is 0 Å². The smallest absolute Gasteiger partial charge is 0.324 e. The highest BCUT2D eigenvalue weighted by Crippen LogP contribution is 2.25. The summed E-state index contributed by atoms with van der Waals surface area (Å²) in [5.41, 5.74) is 1.22. The predicted octanol–water partition coefficient (Wildman–Crippen LogP) is 3.04. The third-order valence-corrected chi connectivity index (χ3v) is 5.32. The third kappa shape index (κ3) is 3.66. The van der Waals surface area contributed by atoms with E-state index >= 15 is 0 Å². The Kier molecular flexibility index (Phi) is 4.87. The zero-order valence-corrected chi connectivity index (χ0v) is 14.1. The Morgan fingerprint density at radius 2 is 1.64 bits per heavy atom. The van der Waals surface area contributed by atoms with E-state index in [2.05, 4.69) is 15.9 Å². The van der Waals surface area contributed by atoms with Gasteiger partial charge in [-0.25, -0.2) is 8.42 Å². The number of benzene rings is 2. The second-order valence-electron chi connectivity index (χ2n) is 4.69. The standard InChI is InChI=1S/C15H14BrNO4S/c1-11-2-8-14(9-3-11)22(20,21)17(10-15(18)19)13-6-4-12(16)5-7-13/h2-9H,10H2,1H3,(H,18,19). The Balaban J connectivity index is 2.50. The van der Waals surface area contributed by atoms with E-state index in [1.54, 1.807) is 36.4 Å². The van der Waals surface area contributed by atoms with Crippen molar-refractivity contribution in [1.29, 1.82) is 0 Å². The van der Waals surface area contributed by atoms with E-state index in [4.69, 9.17) is 5.11 Å². The van der Waals surface area contributed by atoms with Crippen LogP contribution in [-0.2, 0) is 14.8 Å². The van der Waals surface area contributed by atoms with Crippen LogP contribution in [0.15, 0.2) is 57.9 Å². The van der Waals surface area contributed by atoms with Gasteiger partial charge in [0, 0.05) is 4.47 Å². The zero-order valence-electron chi connectivity index (χ0n) is 11.7. The summed E-state index contributed by atoms with van der Waals surface area (Å²) < 4.78 is 27.1. The number of carboxylic acids is 1. The van der Waals surface area contributed by atoms with Crippen molar-refractivity contribution in [3.8, 4) is 0 Å². The highest BCUT2D eigenvalue weighted by Gasteiger charge is 2.26. The maximum Gasteiger partial charge on any atom is 0.324 e. The first kappa shape index (κ1) is 16.5. The SMILES string of the molecule is Cc1ccc(S(=O)(=O)N(CC(=O)O)c2ccc(Br)cc2)cc1. The van der Waals surface area contributed by atoms with Crippen molar-refractivity contribution < 1.29 is 18.3 Å². The fraction of sp³-hybridized carbons (Fsp3) is 0.133. The first-order valence-electron chi connectivity index (χ1n) is 6.37. The van der Waals surface area contributed by atoms with Crippen LogP contribution in [0.5, 0.6) is 0 Å². The minimum absolute atomic E-state index is 0.0577. The van der Waals surface area contributed by atoms with Crippen LogP contribution in [0.2, 0.25) is 0 Å². The number of hydrogen-bond donors (Lipinski definition) is 1. The average Bonchev–Trinajstić information content (AvgIpc) is 2.46. The Morgan fingerprint density at radius 1 is 1.09 bits per heavy atom. The number of aliphatic carboxylic acids is 1. The number of hydrogen-bond acceptors (Lipinski definition) is 3. The Morgan fingerprint density at radius 3 is 2.14 bits per heavy atom. The average molecular weight is 384 g/mol. The molecule has 116 valence electrons. The Hall–Kier alpha value is -1.86. The van der Waals surface area contributed by atoms with Gasteiger partial charge in [0.1, 0.15) is 6.54 Å². The highest BCUT2D eigenvalue weighted by molar-refractivity contribution is 9.10. The van der Waals surface area contributed by atoms with E-state index in [0.717, 1.165) is 14.3 Å². The number of nitrogens with zero attached hydrogens (tertiary/aromatic N) is 1. The van der Waals surface area contributed by atoms with Crippen LogP contribution in [0.1, 0.15) is 5.56 Å². The largest absolute Gasteiger partial charge is 0.480 e. The number of carboxylic acid groups (broad SMARTS) is 1. The molecule has 0 fully saturated rings. The lowest BCUT2D eigenvalue weighted by Gasteiger charge is -2.22. The second kappa shape index (κ2) is 6.50. The molecule has 0 atom stereocenters. The van der Waals surface area contributed by atoms with Gasteiger partial charge in [0.25, 0.3) is 10.0 Å². The summed E-state index contributed by atoms with van der Waals surface area (Å²) in [6.07, 6.45) is 0. The molecule has 22 heavy (non-hydrogen) atoms. The van der Waals surface area contributed by atoms with Crippen LogP contribution < -0.4 is 4.31 Å². The molecule has 2 aromatic carbocycles. The van der Waals surface area contributed by atoms with Gasteiger partial charge in [-0.05, 0) is 43.3 Å². The van der Waals surface area contributed by atoms with Gasteiger partial charge in [-0.15, -0.1) is 0 Å². The highest BCUT2D eigenvalue weighted by atomic mass is 79.9. The predicted molar refractivity (Wildman–Crippen MR) is 87.5 cm³/mol. The van der Waals surface area contributed by atoms with Crippen molar-refractivity contribution in [2.75, 3.05) is 10.8 Å². The van der Waals surface area contributed by atoms with Crippen LogP contribution in [0.4, 0.5) is 5.69 Å². The van der Waals surface area contributed by atoms with Crippen LogP contribution in [0, 0.1) is 6.92 Å². The summed E-state index contributed by atoms with van der Waals surface area (Å²) >= 11 is 3.26. The summed E-state index contributed by atoms with van der Waals surface area (Å²) in [5, 5.41) is 9.04. The second-order valence-corrected chi connectivity index (χ2v) is 7.47. The minimum atomic E-state index is -3.94. The van der Waals surface area contributed by atoms with Crippen molar-refractivity contribution >= 4 is 37.6 Å². The molecule has 0 amide bonds. The van der Waals surface area contributed by atoms with Crippen molar-refractivity contribution in [3.05, 3.63) is 58.6 Å². The lowest BCUT2D eigenvalue weighted by Crippen LogP contribution is -2.35. The molecule has 0 aliphatic carbocycles. The van der Waals surface area contributed by atoms with E-state index < -0.39 is 22.5 Å². The molecular weight excluding hydrogens is 370 g/mol. The van der Waals surface area contributed by atoms with Crippen LogP contribution in [-0.4, -0.2) is 26.0 Å². The number of carbonyl (C=O) groups is 1. The van der Waals surface area contributed by atoms with Gasteiger partial charge in [0.2, 0.25) is 0 Å². The molecule has 0 saturated carbocycles. The lowest BCUT2D eigenvalue weighted by atomic mass is 10.2. The molecule has 0 bridgehead atoms. The third-order valence-electron chi connectivity index (χ3n) is 3.00. The van der Waals surface area contributed by atoms with Crippen LogP contribution >= 0.6 is 15.9 Å². The maximum atomic E-state index is 12.7. The summed E-state index contributed by atoms with van der Waals surface area (Å²) in [5.74, 6) is -1.22. The summed E-state index contributed by atoms with van der Waals surface area (Å²) in [7, 11) is -3.94. The molecule has 1 N–H and O–H groups in total. The topological polar surface area (TPSA) is 74.7 Å². The normalized spacial score (nSPS) is 11.2. The molecule has 7 heteroatoms. The quantitative estimate of drug-likeness (QED) is 0.860. The minimum Gasteiger partial charge on any atom is -0.480 e. The summed E-state index contributed by atoms with van der Waals surface area (Å²) in [4.78, 5) is 11.1. The first-order valence-corrected chi connectivity index (χ1v) is 8.61. The number of halogens is 1. The maximum absolute atomic E-state index is 12.7. The summed E-state index contributed by atoms with van der Waals surface area (Å²) in [6.45, 7) is 1.21. The molecule has 0 aliphatic heterocycles. The molecule has 2 rings (SSSR count). The molecule has 0 spiro atoms. The van der Waals surface area contributed by atoms with E-state index in [1.807, 2.05) is 6.92 Å². The molecule has 2 aromatic rings. The first-order chi connectivity index (χ1) is 10.3. The molecule has 0 unspecified atom stereocenters. The molecule has 0 aromatic heterocycles. The van der Waals surface area contributed by atoms with E-state index in [-0.39, 0.29) is 4.90 Å². The van der Waals surface area contributed by atoms with Crippen LogP contribution in [0.25, 0.3) is 0 Å². The van der Waals surface area contributed by atoms with Gasteiger partial charge in [-0.2, -0.15) is 0 Å². The summed E-state index contributed by atoms with van der Waals surface area (Å²) in [6, 6.07) is 12.7. The van der Waals surface area contributed by atoms with Gasteiger partial charge in [0.15, 0.2) is 0 Å². The Bertz CT molecular complexity index is 770. The van der Waals surface area contributed by atoms with Crippen molar-refractivity contribution in [2.24, 2.45) is 0 Å². The molecular formula is C15H14BrNO4S. The van der Waals surface area contributed by atoms with Crippen molar-refractivity contribution in [1.82, 2.24) is 0 Å². The van der Waals surface area contributed by atoms with E-state index in [1.165, 1.54) is 12.1 Å². The zero-order chi connectivity index (χ0) is 16.3. The number of rotatable bonds is 5. The van der Waals surface area contributed by atoms with Gasteiger partial charge >= 0.3 is 5.97 Å². The molecule has 0 radical (unpaired) electrons. The van der Waals surface area contributed by atoms with E-state index in [0.29, 0.717) is 5.69 Å². The van der Waals surface area contributed by atoms with Gasteiger partial charge < -0.3 is 5.11 Å². The molecule has 0 aliphatic rings. The molecule has 0 heterocycles. The van der Waals surface area contributed by atoms with Gasteiger partial charge in [-0.1, -0.05) is 33.6 Å². The van der Waals surface area contributed by atoms with Gasteiger partial charge in [0.05, 0.1) is 10.6 Å². The number of anilines is 1. The fourth-order valence-electron chi connectivity index (χ4n) is 1.88. The number of aryl methyl sites for hydroxylation is 1. The van der Waals surface area contributed by atoms with E-state index in [9.17, 15) is 13.2 Å². The Labute approximate surface area is 137 Å². The fourth-order valence-corrected chi connectivity index (χ4v) is 3.56. The lowest BCUT2D eigenvalue weighted by molar-refractivity contribution is -0.135. The van der Waals surface area contributed by atoms with Gasteiger partial charge in [-0.3, -0.25) is 9.10 Å². The van der Waals surface area contributed by atoms with Crippen molar-refractivity contribution in [2.45, 2.75) is 11.8 Å². The van der Waals surface area contributed by atoms with Crippen LogP contribution in [0.3, 0.4) is 0 Å². The molecule has 5 nitrogen and oxygen atoms in total. The number of sulfonamides is 1. The monoisotopic (exact) mass is 383 g/mol. The molecule has 0 saturated heterocycles.